The first-order valence-electron chi connectivity index (χ1n) is 8.38. The van der Waals surface area contributed by atoms with Gasteiger partial charge in [-0.25, -0.2) is 9.97 Å². The average Bonchev–Trinajstić information content (AvgIpc) is 3.19. The minimum Gasteiger partial charge on any atom is -0.496 e. The number of nitrogens with zero attached hydrogens (tertiary/aromatic N) is 3. The number of anilines is 2. The summed E-state index contributed by atoms with van der Waals surface area (Å²) < 4.78 is 13.1. The number of methoxy groups -OCH3 is 1. The molecule has 6 nitrogen and oxygen atoms in total. The van der Waals surface area contributed by atoms with Crippen molar-refractivity contribution in [2.45, 2.75) is 20.8 Å². The van der Waals surface area contributed by atoms with E-state index in [0.29, 0.717) is 0 Å². The van der Waals surface area contributed by atoms with E-state index in [2.05, 4.69) is 26.6 Å². The second kappa shape index (κ2) is 6.22. The van der Waals surface area contributed by atoms with E-state index in [9.17, 15) is 0 Å². The van der Waals surface area contributed by atoms with Crippen molar-refractivity contribution in [3.05, 3.63) is 60.0 Å². The van der Waals surface area contributed by atoms with Crippen LogP contribution in [0.1, 0.15) is 17.1 Å². The van der Waals surface area contributed by atoms with Gasteiger partial charge in [-0.05, 0) is 45.0 Å². The summed E-state index contributed by atoms with van der Waals surface area (Å²) in [7, 11) is 1.65. The Balaban J connectivity index is 1.74. The molecule has 132 valence electrons. The predicted octanol–water partition coefficient (Wildman–Crippen LogP) is 4.67. The summed E-state index contributed by atoms with van der Waals surface area (Å²) in [5, 5.41) is 3.44. The Bertz CT molecular complexity index is 1090. The van der Waals surface area contributed by atoms with E-state index < -0.39 is 0 Å². The smallest absolute Gasteiger partial charge is 0.181 e. The molecule has 3 aromatic heterocycles. The van der Waals surface area contributed by atoms with Gasteiger partial charge in [0, 0.05) is 23.6 Å². The number of benzene rings is 1. The lowest BCUT2D eigenvalue weighted by atomic mass is 10.1. The summed E-state index contributed by atoms with van der Waals surface area (Å²) in [6, 6.07) is 9.93. The molecule has 0 bridgehead atoms. The number of oxazole rings is 1. The predicted molar refractivity (Wildman–Crippen MR) is 101 cm³/mol. The third-order valence-electron chi connectivity index (χ3n) is 4.60. The van der Waals surface area contributed by atoms with Crippen LogP contribution in [0.15, 0.2) is 47.3 Å². The van der Waals surface area contributed by atoms with Crippen LogP contribution < -0.4 is 10.1 Å². The third kappa shape index (κ3) is 2.60. The first kappa shape index (κ1) is 16.2. The highest BCUT2D eigenvalue weighted by molar-refractivity contribution is 5.78. The van der Waals surface area contributed by atoms with Crippen LogP contribution >= 0.6 is 0 Å². The van der Waals surface area contributed by atoms with Crippen molar-refractivity contribution in [3.63, 3.8) is 0 Å². The van der Waals surface area contributed by atoms with Gasteiger partial charge in [0.15, 0.2) is 17.8 Å². The molecule has 4 rings (SSSR count). The Hall–Kier alpha value is -3.28. The van der Waals surface area contributed by atoms with Gasteiger partial charge in [0.25, 0.3) is 0 Å². The molecule has 0 spiro atoms. The number of pyridine rings is 1. The van der Waals surface area contributed by atoms with Crippen molar-refractivity contribution in [1.29, 1.82) is 0 Å². The monoisotopic (exact) mass is 348 g/mol. The molecule has 1 N–H and O–H groups in total. The molecule has 0 unspecified atom stereocenters. The molecule has 0 aliphatic rings. The SMILES string of the molecule is COc1cc(Nc2cccn3c(C)c(C)nc23)ccc1-c1ocnc1C. The number of nitrogens with one attached hydrogen (secondary N) is 1. The Labute approximate surface area is 151 Å². The number of fused-ring (bicyclic) bond motifs is 1. The van der Waals surface area contributed by atoms with Gasteiger partial charge < -0.3 is 18.9 Å². The van der Waals surface area contributed by atoms with Crippen LogP contribution in [0.4, 0.5) is 11.4 Å². The quantitative estimate of drug-likeness (QED) is 0.581. The molecule has 0 atom stereocenters. The van der Waals surface area contributed by atoms with Crippen LogP contribution in [0.3, 0.4) is 0 Å². The van der Waals surface area contributed by atoms with Crippen molar-refractivity contribution < 1.29 is 9.15 Å². The number of hydrogen-bond acceptors (Lipinski definition) is 5. The van der Waals surface area contributed by atoms with Gasteiger partial charge in [0.1, 0.15) is 5.75 Å². The minimum absolute atomic E-state index is 0.718. The van der Waals surface area contributed by atoms with E-state index in [0.717, 1.165) is 51.2 Å². The number of rotatable bonds is 4. The summed E-state index contributed by atoms with van der Waals surface area (Å²) in [4.78, 5) is 8.82. The molecule has 1 aromatic carbocycles. The number of imidazole rings is 1. The van der Waals surface area contributed by atoms with Gasteiger partial charge in [-0.2, -0.15) is 0 Å². The largest absolute Gasteiger partial charge is 0.496 e. The lowest BCUT2D eigenvalue weighted by Crippen LogP contribution is -1.97. The molecule has 0 saturated heterocycles. The topological polar surface area (TPSA) is 64.6 Å². The highest BCUT2D eigenvalue weighted by atomic mass is 16.5. The molecule has 26 heavy (non-hydrogen) atoms. The van der Waals surface area contributed by atoms with Crippen molar-refractivity contribution in [2.24, 2.45) is 0 Å². The summed E-state index contributed by atoms with van der Waals surface area (Å²) >= 11 is 0. The average molecular weight is 348 g/mol. The Morgan fingerprint density at radius 3 is 2.69 bits per heavy atom. The van der Waals surface area contributed by atoms with Crippen LogP contribution in [0, 0.1) is 20.8 Å². The maximum atomic E-state index is 5.56. The lowest BCUT2D eigenvalue weighted by molar-refractivity contribution is 0.415. The van der Waals surface area contributed by atoms with Gasteiger partial charge in [-0.3, -0.25) is 0 Å². The molecule has 0 saturated carbocycles. The number of aromatic nitrogens is 3. The van der Waals surface area contributed by atoms with Crippen molar-refractivity contribution >= 4 is 17.0 Å². The van der Waals surface area contributed by atoms with Crippen molar-refractivity contribution in [2.75, 3.05) is 12.4 Å². The zero-order valence-electron chi connectivity index (χ0n) is 15.2. The highest BCUT2D eigenvalue weighted by Gasteiger charge is 2.14. The fourth-order valence-electron chi connectivity index (χ4n) is 3.07. The number of hydrogen-bond donors (Lipinski definition) is 1. The molecular formula is C20H20N4O2. The van der Waals surface area contributed by atoms with Gasteiger partial charge in [-0.15, -0.1) is 0 Å². The maximum absolute atomic E-state index is 5.56. The van der Waals surface area contributed by atoms with Crippen molar-refractivity contribution in [3.8, 4) is 17.1 Å². The standard InChI is InChI=1S/C20H20N4O2/c1-12-14(3)24-9-5-6-17(20(24)22-12)23-15-7-8-16(18(10-15)25-4)19-13(2)21-11-26-19/h5-11,23H,1-4H3. The van der Waals surface area contributed by atoms with Gasteiger partial charge in [0.2, 0.25) is 0 Å². The van der Waals surface area contributed by atoms with E-state index >= 15 is 0 Å². The zero-order chi connectivity index (χ0) is 18.3. The molecule has 3 heterocycles. The van der Waals surface area contributed by atoms with E-state index in [-0.39, 0.29) is 0 Å². The van der Waals surface area contributed by atoms with Crippen LogP contribution in [-0.2, 0) is 0 Å². The fourth-order valence-corrected chi connectivity index (χ4v) is 3.07. The van der Waals surface area contributed by atoms with E-state index in [4.69, 9.17) is 9.15 Å². The van der Waals surface area contributed by atoms with Gasteiger partial charge >= 0.3 is 0 Å². The first-order valence-corrected chi connectivity index (χ1v) is 8.38. The Morgan fingerprint density at radius 2 is 1.96 bits per heavy atom. The van der Waals surface area contributed by atoms with Crippen molar-refractivity contribution in [1.82, 2.24) is 14.4 Å². The third-order valence-corrected chi connectivity index (χ3v) is 4.60. The van der Waals surface area contributed by atoms with E-state index in [1.165, 1.54) is 6.39 Å². The van der Waals surface area contributed by atoms with Gasteiger partial charge in [-0.1, -0.05) is 0 Å². The maximum Gasteiger partial charge on any atom is 0.181 e. The molecule has 0 aliphatic carbocycles. The summed E-state index contributed by atoms with van der Waals surface area (Å²) in [5.41, 5.74) is 6.61. The number of ether oxygens (including phenoxy) is 1. The second-order valence-corrected chi connectivity index (χ2v) is 6.21. The molecule has 4 aromatic rings. The molecule has 0 aliphatic heterocycles. The van der Waals surface area contributed by atoms with Crippen LogP contribution in [0.2, 0.25) is 0 Å². The second-order valence-electron chi connectivity index (χ2n) is 6.21. The molecular weight excluding hydrogens is 328 g/mol. The normalized spacial score (nSPS) is 11.1. The van der Waals surface area contributed by atoms with Crippen LogP contribution in [-0.4, -0.2) is 21.5 Å². The zero-order valence-corrected chi connectivity index (χ0v) is 15.2. The first-order chi connectivity index (χ1) is 12.6. The summed E-state index contributed by atoms with van der Waals surface area (Å²) in [5.74, 6) is 1.44. The number of aryl methyl sites for hydroxylation is 3. The van der Waals surface area contributed by atoms with Crippen LogP contribution in [0.25, 0.3) is 17.0 Å². The molecule has 6 heteroatoms. The van der Waals surface area contributed by atoms with Gasteiger partial charge in [0.05, 0.1) is 29.7 Å². The highest BCUT2D eigenvalue weighted by Crippen LogP contribution is 2.35. The molecule has 0 radical (unpaired) electrons. The summed E-state index contributed by atoms with van der Waals surface area (Å²) in [6.45, 7) is 5.99. The Kier molecular flexibility index (Phi) is 3.88. The van der Waals surface area contributed by atoms with E-state index in [1.807, 2.05) is 50.4 Å². The fraction of sp³-hybridized carbons (Fsp3) is 0.200. The van der Waals surface area contributed by atoms with Crippen LogP contribution in [0.5, 0.6) is 5.75 Å². The lowest BCUT2D eigenvalue weighted by Gasteiger charge is -2.12. The Morgan fingerprint density at radius 1 is 1.12 bits per heavy atom. The summed E-state index contributed by atoms with van der Waals surface area (Å²) in [6.07, 6.45) is 3.46. The molecule has 0 amide bonds. The minimum atomic E-state index is 0.718. The van der Waals surface area contributed by atoms with E-state index in [1.54, 1.807) is 7.11 Å². The molecule has 0 fully saturated rings.